The van der Waals surface area contributed by atoms with Crippen LogP contribution >= 0.6 is 0 Å². The molecule has 9 nitrogen and oxygen atoms in total. The molecule has 35 heavy (non-hydrogen) atoms. The number of nitrogens with zero attached hydrogens (tertiary/aromatic N) is 4. The molecule has 1 N–H and O–H groups in total. The molecule has 1 amide bonds. The Kier molecular flexibility index (Phi) is 4.79. The molecule has 3 aromatic rings. The van der Waals surface area contributed by atoms with Crippen molar-refractivity contribution in [3.63, 3.8) is 0 Å². The van der Waals surface area contributed by atoms with Gasteiger partial charge >= 0.3 is 0 Å². The van der Waals surface area contributed by atoms with Crippen molar-refractivity contribution in [2.24, 2.45) is 0 Å². The van der Waals surface area contributed by atoms with Gasteiger partial charge in [0.1, 0.15) is 24.1 Å². The Morgan fingerprint density at radius 3 is 2.77 bits per heavy atom. The van der Waals surface area contributed by atoms with Crippen LogP contribution in [0.2, 0.25) is 0 Å². The fourth-order valence-corrected chi connectivity index (χ4v) is 5.19. The van der Waals surface area contributed by atoms with Gasteiger partial charge < -0.3 is 19.4 Å². The third-order valence-corrected chi connectivity index (χ3v) is 7.03. The molecular formula is C24H25F2N5O4. The van der Waals surface area contributed by atoms with Crippen molar-refractivity contribution in [1.82, 2.24) is 18.9 Å². The molecule has 2 saturated carbocycles. The number of carbonyl (C=O) groups excluding carboxylic acids is 1. The molecule has 0 radical (unpaired) electrons. The van der Waals surface area contributed by atoms with Gasteiger partial charge in [-0.15, -0.1) is 0 Å². The maximum Gasteiger partial charge on any atom is 0.274 e. The first-order valence-corrected chi connectivity index (χ1v) is 11.7. The van der Waals surface area contributed by atoms with Crippen molar-refractivity contribution in [2.75, 3.05) is 18.6 Å². The zero-order valence-electron chi connectivity index (χ0n) is 19.3. The maximum atomic E-state index is 13.5. The van der Waals surface area contributed by atoms with E-state index in [1.165, 1.54) is 16.8 Å². The molecule has 2 bridgehead atoms. The first-order chi connectivity index (χ1) is 16.7. The summed E-state index contributed by atoms with van der Waals surface area (Å²) in [6.45, 7) is 3.49. The number of carbonyl (C=O) groups is 1. The number of hydrogen-bond acceptors (Lipinski definition) is 6. The number of imidazole rings is 1. The third-order valence-electron chi connectivity index (χ3n) is 7.03. The summed E-state index contributed by atoms with van der Waals surface area (Å²) in [7, 11) is 0. The van der Waals surface area contributed by atoms with E-state index < -0.39 is 36.0 Å². The monoisotopic (exact) mass is 485 g/mol. The van der Waals surface area contributed by atoms with Crippen LogP contribution in [0.25, 0.3) is 5.78 Å². The number of aromatic nitrogens is 4. The van der Waals surface area contributed by atoms with Gasteiger partial charge in [-0.2, -0.15) is 4.98 Å². The van der Waals surface area contributed by atoms with Gasteiger partial charge in [0.15, 0.2) is 0 Å². The number of halogens is 2. The van der Waals surface area contributed by atoms with Crippen LogP contribution in [0, 0.1) is 0 Å². The number of alkyl halides is 2. The van der Waals surface area contributed by atoms with E-state index in [9.17, 15) is 18.4 Å². The lowest BCUT2D eigenvalue weighted by molar-refractivity contribution is -0.0235. The second kappa shape index (κ2) is 7.58. The van der Waals surface area contributed by atoms with Crippen LogP contribution in [0.15, 0.2) is 35.5 Å². The van der Waals surface area contributed by atoms with Crippen molar-refractivity contribution in [3.05, 3.63) is 52.3 Å². The fraction of sp³-hybridized carbons (Fsp3) is 0.500. The maximum absolute atomic E-state index is 13.5. The van der Waals surface area contributed by atoms with Crippen LogP contribution in [-0.2, 0) is 10.2 Å². The molecule has 3 aromatic heterocycles. The molecule has 0 spiro atoms. The van der Waals surface area contributed by atoms with Gasteiger partial charge in [-0.3, -0.25) is 14.0 Å². The highest BCUT2D eigenvalue weighted by Gasteiger charge is 2.64. The standard InChI is InChI=1S/C24H25F2N5O4/c1-13(2)35-20-14(19(32)27-16-4-3-5-31(21(16)33)17-6-15(17)26)7-30-8-18(28-22(30)29-20)23-9-24(10-23,11-25)34-12-23/h3-5,7-8,13,15,17H,6,9-12H2,1-2H3,(H,27,32)/t15-,17+,23?,24?/m1/s1. The molecule has 2 atom stereocenters. The summed E-state index contributed by atoms with van der Waals surface area (Å²) in [5.74, 6) is -0.164. The summed E-state index contributed by atoms with van der Waals surface area (Å²) >= 11 is 0. The number of ether oxygens (including phenoxy) is 2. The Bertz CT molecular complexity index is 1390. The quantitative estimate of drug-likeness (QED) is 0.553. The molecular weight excluding hydrogens is 460 g/mol. The van der Waals surface area contributed by atoms with Gasteiger partial charge in [-0.1, -0.05) is 0 Å². The number of pyridine rings is 1. The minimum Gasteiger partial charge on any atom is -0.474 e. The molecule has 0 aromatic carbocycles. The minimum atomic E-state index is -1.05. The van der Waals surface area contributed by atoms with Crippen molar-refractivity contribution in [1.29, 1.82) is 0 Å². The van der Waals surface area contributed by atoms with Gasteiger partial charge in [0, 0.05) is 30.4 Å². The number of amides is 1. The van der Waals surface area contributed by atoms with E-state index in [2.05, 4.69) is 15.3 Å². The molecule has 184 valence electrons. The molecule has 2 aliphatic heterocycles. The zero-order chi connectivity index (χ0) is 24.5. The van der Waals surface area contributed by atoms with Crippen LogP contribution in [0.4, 0.5) is 14.5 Å². The average Bonchev–Trinajstić information content (AvgIpc) is 3.16. The second-order valence-corrected chi connectivity index (χ2v) is 10.1. The van der Waals surface area contributed by atoms with Gasteiger partial charge in [0.05, 0.1) is 30.0 Å². The lowest BCUT2D eigenvalue weighted by Crippen LogP contribution is -2.48. The van der Waals surface area contributed by atoms with E-state index in [-0.39, 0.29) is 35.1 Å². The molecule has 2 aliphatic carbocycles. The Balaban J connectivity index is 1.34. The predicted molar refractivity (Wildman–Crippen MR) is 122 cm³/mol. The van der Waals surface area contributed by atoms with Gasteiger partial charge in [-0.25, -0.2) is 13.8 Å². The molecule has 2 saturated heterocycles. The Morgan fingerprint density at radius 2 is 2.11 bits per heavy atom. The minimum absolute atomic E-state index is 0.0394. The van der Waals surface area contributed by atoms with Crippen LogP contribution in [0.3, 0.4) is 0 Å². The summed E-state index contributed by atoms with van der Waals surface area (Å²) in [6, 6.07) is 2.57. The molecule has 11 heteroatoms. The molecule has 0 unspecified atom stereocenters. The molecule has 5 heterocycles. The van der Waals surface area contributed by atoms with Crippen molar-refractivity contribution in [2.45, 2.75) is 62.4 Å². The topological polar surface area (TPSA) is 99.8 Å². The van der Waals surface area contributed by atoms with Crippen LogP contribution in [0.1, 0.15) is 55.2 Å². The largest absolute Gasteiger partial charge is 0.474 e. The summed E-state index contributed by atoms with van der Waals surface area (Å²) in [4.78, 5) is 35.1. The second-order valence-electron chi connectivity index (χ2n) is 10.1. The van der Waals surface area contributed by atoms with E-state index in [1.807, 2.05) is 13.8 Å². The number of rotatable bonds is 7. The molecule has 4 aliphatic rings. The molecule has 7 rings (SSSR count). The summed E-state index contributed by atoms with van der Waals surface area (Å²) < 4.78 is 41.3. The molecule has 4 fully saturated rings. The summed E-state index contributed by atoms with van der Waals surface area (Å²) in [6.07, 6.45) is 4.93. The SMILES string of the molecule is CC(C)Oc1nc2nc(C34COC(CF)(C3)C4)cn2cc1C(=O)Nc1cccn([C@H]2C[C@H]2F)c1=O. The van der Waals surface area contributed by atoms with E-state index in [4.69, 9.17) is 9.47 Å². The smallest absolute Gasteiger partial charge is 0.274 e. The van der Waals surface area contributed by atoms with Gasteiger partial charge in [0.2, 0.25) is 11.7 Å². The highest BCUT2D eigenvalue weighted by atomic mass is 19.1. The van der Waals surface area contributed by atoms with Crippen molar-refractivity contribution >= 4 is 17.4 Å². The van der Waals surface area contributed by atoms with E-state index in [0.717, 1.165) is 5.69 Å². The Hall–Kier alpha value is -3.34. The predicted octanol–water partition coefficient (Wildman–Crippen LogP) is 2.98. The average molecular weight is 485 g/mol. The van der Waals surface area contributed by atoms with Crippen molar-refractivity contribution < 1.29 is 23.0 Å². The third kappa shape index (κ3) is 3.51. The first kappa shape index (κ1) is 22.1. The fourth-order valence-electron chi connectivity index (χ4n) is 5.19. The first-order valence-electron chi connectivity index (χ1n) is 11.7. The van der Waals surface area contributed by atoms with Crippen molar-refractivity contribution in [3.8, 4) is 5.88 Å². The van der Waals surface area contributed by atoms with E-state index >= 15 is 0 Å². The van der Waals surface area contributed by atoms with Crippen LogP contribution in [0.5, 0.6) is 5.88 Å². The van der Waals surface area contributed by atoms with Gasteiger partial charge in [-0.05, 0) is 38.8 Å². The highest BCUT2D eigenvalue weighted by molar-refractivity contribution is 6.05. The highest BCUT2D eigenvalue weighted by Crippen LogP contribution is 2.58. The van der Waals surface area contributed by atoms with Crippen LogP contribution in [-0.4, -0.2) is 56.0 Å². The summed E-state index contributed by atoms with van der Waals surface area (Å²) in [5.41, 5.74) is -0.642. The number of hydrogen-bond donors (Lipinski definition) is 1. The van der Waals surface area contributed by atoms with E-state index in [1.54, 1.807) is 22.9 Å². The zero-order valence-corrected chi connectivity index (χ0v) is 19.3. The summed E-state index contributed by atoms with van der Waals surface area (Å²) in [5, 5.41) is 2.62. The number of anilines is 1. The lowest BCUT2D eigenvalue weighted by atomic mass is 9.61. The number of nitrogens with one attached hydrogen (secondary N) is 1. The normalized spacial score (nSPS) is 28.8. The van der Waals surface area contributed by atoms with Crippen LogP contribution < -0.4 is 15.6 Å². The lowest BCUT2D eigenvalue weighted by Gasteiger charge is -2.41. The van der Waals surface area contributed by atoms with E-state index in [0.29, 0.717) is 25.2 Å². The van der Waals surface area contributed by atoms with Gasteiger partial charge in [0.25, 0.3) is 11.5 Å². The Labute approximate surface area is 199 Å². The number of fused-ring (bicyclic) bond motifs is 2. The Morgan fingerprint density at radius 1 is 1.34 bits per heavy atom.